The van der Waals surface area contributed by atoms with Crippen LogP contribution in [0.5, 0.6) is 0 Å². The largest absolute Gasteiger partial charge is 0.382 e. The van der Waals surface area contributed by atoms with Crippen molar-refractivity contribution >= 4 is 5.69 Å². The minimum Gasteiger partial charge on any atom is -0.382 e. The van der Waals surface area contributed by atoms with Crippen LogP contribution in [0.1, 0.15) is 83.8 Å². The van der Waals surface area contributed by atoms with Crippen molar-refractivity contribution in [3.63, 3.8) is 0 Å². The number of benzene rings is 1. The van der Waals surface area contributed by atoms with Crippen LogP contribution in [0.4, 0.5) is 5.69 Å². The van der Waals surface area contributed by atoms with Crippen molar-refractivity contribution in [2.75, 3.05) is 5.32 Å². The summed E-state index contributed by atoms with van der Waals surface area (Å²) in [4.78, 5) is 0. The zero-order chi connectivity index (χ0) is 15.6. The summed E-state index contributed by atoms with van der Waals surface area (Å²) in [6, 6.07) is 7.66. The number of anilines is 1. The molecule has 118 valence electrons. The van der Waals surface area contributed by atoms with E-state index in [0.717, 1.165) is 11.8 Å². The molecule has 1 aliphatic rings. The molecular weight excluding hydrogens is 254 g/mol. The fourth-order valence-electron chi connectivity index (χ4n) is 3.70. The van der Waals surface area contributed by atoms with Gasteiger partial charge in [-0.25, -0.2) is 0 Å². The van der Waals surface area contributed by atoms with E-state index in [1.807, 2.05) is 0 Å². The molecule has 0 radical (unpaired) electrons. The minimum atomic E-state index is 0.570. The Labute approximate surface area is 131 Å². The molecule has 0 aliphatic heterocycles. The summed E-state index contributed by atoms with van der Waals surface area (Å²) in [5.74, 6) is 2.72. The van der Waals surface area contributed by atoms with Gasteiger partial charge in [0.15, 0.2) is 0 Å². The molecule has 0 heterocycles. The average molecular weight is 287 g/mol. The van der Waals surface area contributed by atoms with E-state index in [4.69, 9.17) is 0 Å². The Balaban J connectivity index is 2.26. The second-order valence-corrected chi connectivity index (χ2v) is 7.71. The molecular formula is C20H33N. The highest BCUT2D eigenvalue weighted by Crippen LogP contribution is 2.34. The Morgan fingerprint density at radius 1 is 0.952 bits per heavy atom. The maximum Gasteiger partial charge on any atom is 0.0377 e. The fourth-order valence-corrected chi connectivity index (χ4v) is 3.70. The topological polar surface area (TPSA) is 12.0 Å². The van der Waals surface area contributed by atoms with Crippen molar-refractivity contribution in [3.8, 4) is 0 Å². The standard InChI is InChI=1S/C20H33N/c1-13(2)17-10-11-19(18(12-17)14(3)4)21-20-15(5)8-7-9-16(20)6/h10-16,20-21H,7-9H2,1-6H3. The molecule has 1 nitrogen and oxygen atoms in total. The maximum absolute atomic E-state index is 3.90. The van der Waals surface area contributed by atoms with Crippen molar-refractivity contribution in [2.45, 2.75) is 78.7 Å². The third-order valence-electron chi connectivity index (χ3n) is 5.23. The van der Waals surface area contributed by atoms with Crippen LogP contribution in [0.2, 0.25) is 0 Å². The van der Waals surface area contributed by atoms with Crippen molar-refractivity contribution in [1.29, 1.82) is 0 Å². The Morgan fingerprint density at radius 3 is 2.10 bits per heavy atom. The second-order valence-electron chi connectivity index (χ2n) is 7.71. The molecule has 0 saturated heterocycles. The quantitative estimate of drug-likeness (QED) is 0.698. The SMILES string of the molecule is CC(C)c1ccc(NC2C(C)CCCC2C)c(C(C)C)c1. The van der Waals surface area contributed by atoms with E-state index in [1.165, 1.54) is 36.1 Å². The zero-order valence-electron chi connectivity index (χ0n) is 14.7. The van der Waals surface area contributed by atoms with Gasteiger partial charge in [-0.15, -0.1) is 0 Å². The molecule has 1 saturated carbocycles. The lowest BCUT2D eigenvalue weighted by molar-refractivity contribution is 0.268. The van der Waals surface area contributed by atoms with Crippen LogP contribution in [-0.2, 0) is 0 Å². The van der Waals surface area contributed by atoms with E-state index >= 15 is 0 Å². The fraction of sp³-hybridized carbons (Fsp3) is 0.700. The summed E-state index contributed by atoms with van der Waals surface area (Å²) in [5.41, 5.74) is 4.29. The lowest BCUT2D eigenvalue weighted by atomic mass is 9.78. The first-order valence-corrected chi connectivity index (χ1v) is 8.80. The molecule has 1 aliphatic carbocycles. The summed E-state index contributed by atoms with van der Waals surface area (Å²) in [6.07, 6.45) is 4.12. The molecule has 0 bridgehead atoms. The smallest absolute Gasteiger partial charge is 0.0377 e. The molecule has 2 unspecified atom stereocenters. The third kappa shape index (κ3) is 3.81. The Morgan fingerprint density at radius 2 is 1.57 bits per heavy atom. The van der Waals surface area contributed by atoms with Crippen molar-refractivity contribution in [1.82, 2.24) is 0 Å². The van der Waals surface area contributed by atoms with Gasteiger partial charge in [0, 0.05) is 11.7 Å². The molecule has 21 heavy (non-hydrogen) atoms. The lowest BCUT2D eigenvalue weighted by Gasteiger charge is -2.36. The van der Waals surface area contributed by atoms with Gasteiger partial charge in [0.1, 0.15) is 0 Å². The second kappa shape index (κ2) is 6.85. The van der Waals surface area contributed by atoms with E-state index < -0.39 is 0 Å². The van der Waals surface area contributed by atoms with E-state index in [0.29, 0.717) is 17.9 Å². The van der Waals surface area contributed by atoms with Gasteiger partial charge in [-0.05, 0) is 53.7 Å². The summed E-state index contributed by atoms with van der Waals surface area (Å²) in [7, 11) is 0. The molecule has 1 aromatic rings. The van der Waals surface area contributed by atoms with Crippen LogP contribution in [0.3, 0.4) is 0 Å². The number of hydrogen-bond donors (Lipinski definition) is 1. The molecule has 1 fully saturated rings. The molecule has 2 atom stereocenters. The van der Waals surface area contributed by atoms with Crippen molar-refractivity contribution < 1.29 is 0 Å². The van der Waals surface area contributed by atoms with Crippen LogP contribution in [-0.4, -0.2) is 6.04 Å². The van der Waals surface area contributed by atoms with Crippen molar-refractivity contribution in [3.05, 3.63) is 29.3 Å². The van der Waals surface area contributed by atoms with E-state index in [-0.39, 0.29) is 0 Å². The summed E-state index contributed by atoms with van der Waals surface area (Å²) >= 11 is 0. The van der Waals surface area contributed by atoms with Gasteiger partial charge in [-0.1, -0.05) is 60.1 Å². The molecule has 1 aromatic carbocycles. The van der Waals surface area contributed by atoms with Crippen LogP contribution in [0.25, 0.3) is 0 Å². The third-order valence-corrected chi connectivity index (χ3v) is 5.23. The van der Waals surface area contributed by atoms with Gasteiger partial charge in [-0.3, -0.25) is 0 Å². The highest BCUT2D eigenvalue weighted by atomic mass is 14.9. The van der Waals surface area contributed by atoms with Crippen LogP contribution < -0.4 is 5.32 Å². The Bertz CT molecular complexity index is 451. The van der Waals surface area contributed by atoms with Crippen LogP contribution in [0.15, 0.2) is 18.2 Å². The molecule has 0 aromatic heterocycles. The average Bonchev–Trinajstić information content (AvgIpc) is 2.42. The normalized spacial score (nSPS) is 26.4. The Hall–Kier alpha value is -0.980. The molecule has 2 rings (SSSR count). The van der Waals surface area contributed by atoms with Gasteiger partial charge < -0.3 is 5.32 Å². The van der Waals surface area contributed by atoms with Crippen LogP contribution >= 0.6 is 0 Å². The first kappa shape index (κ1) is 16.4. The number of rotatable bonds is 4. The monoisotopic (exact) mass is 287 g/mol. The van der Waals surface area contributed by atoms with Gasteiger partial charge in [0.25, 0.3) is 0 Å². The maximum atomic E-state index is 3.90. The highest BCUT2D eigenvalue weighted by molar-refractivity contribution is 5.55. The number of nitrogens with one attached hydrogen (secondary N) is 1. The molecule has 0 spiro atoms. The van der Waals surface area contributed by atoms with E-state index in [9.17, 15) is 0 Å². The summed E-state index contributed by atoms with van der Waals surface area (Å²) in [6.45, 7) is 14.0. The molecule has 1 N–H and O–H groups in total. The molecule has 1 heteroatoms. The summed E-state index contributed by atoms with van der Waals surface area (Å²) < 4.78 is 0. The van der Waals surface area contributed by atoms with Gasteiger partial charge in [-0.2, -0.15) is 0 Å². The van der Waals surface area contributed by atoms with Gasteiger partial charge in [0.2, 0.25) is 0 Å². The van der Waals surface area contributed by atoms with Crippen LogP contribution in [0, 0.1) is 11.8 Å². The first-order chi connectivity index (χ1) is 9.90. The lowest BCUT2D eigenvalue weighted by Crippen LogP contribution is -2.37. The van der Waals surface area contributed by atoms with Crippen molar-refractivity contribution in [2.24, 2.45) is 11.8 Å². The highest BCUT2D eigenvalue weighted by Gasteiger charge is 2.28. The van der Waals surface area contributed by atoms with Gasteiger partial charge >= 0.3 is 0 Å². The molecule has 0 amide bonds. The Kier molecular flexibility index (Phi) is 5.35. The number of hydrogen-bond acceptors (Lipinski definition) is 1. The van der Waals surface area contributed by atoms with Gasteiger partial charge in [0.05, 0.1) is 0 Å². The predicted molar refractivity (Wildman–Crippen MR) is 94.2 cm³/mol. The van der Waals surface area contributed by atoms with E-state index in [2.05, 4.69) is 65.1 Å². The minimum absolute atomic E-state index is 0.570. The van der Waals surface area contributed by atoms with E-state index in [1.54, 1.807) is 0 Å². The summed E-state index contributed by atoms with van der Waals surface area (Å²) in [5, 5.41) is 3.90. The predicted octanol–water partition coefficient (Wildman–Crippen LogP) is 6.17. The first-order valence-electron chi connectivity index (χ1n) is 8.80. The zero-order valence-corrected chi connectivity index (χ0v) is 14.7.